The van der Waals surface area contributed by atoms with Crippen LogP contribution in [0.4, 0.5) is 21.1 Å². The van der Waals surface area contributed by atoms with Crippen molar-refractivity contribution in [3.63, 3.8) is 0 Å². The Balaban J connectivity index is 1.67. The quantitative estimate of drug-likeness (QED) is 0.261. The largest absolute Gasteiger partial charge is 0.464 e. The Kier molecular flexibility index (Phi) is 10.0. The molecule has 1 aliphatic rings. The van der Waals surface area contributed by atoms with Gasteiger partial charge >= 0.3 is 18.1 Å². The zero-order chi connectivity index (χ0) is 31.3. The molecule has 230 valence electrons. The van der Waals surface area contributed by atoms with Crippen LogP contribution >= 0.6 is 11.6 Å². The van der Waals surface area contributed by atoms with E-state index < -0.39 is 29.7 Å². The first-order chi connectivity index (χ1) is 20.4. The second-order valence-corrected chi connectivity index (χ2v) is 11.9. The van der Waals surface area contributed by atoms with Crippen molar-refractivity contribution in [1.29, 1.82) is 0 Å². The highest BCUT2D eigenvalue weighted by atomic mass is 35.5. The number of amides is 3. The van der Waals surface area contributed by atoms with Crippen LogP contribution < -0.4 is 10.6 Å². The van der Waals surface area contributed by atoms with Crippen LogP contribution in [-0.4, -0.2) is 51.5 Å². The number of carbonyl (C=O) groups excluding carboxylic acids is 3. The highest BCUT2D eigenvalue weighted by Crippen LogP contribution is 2.34. The van der Waals surface area contributed by atoms with Gasteiger partial charge in [0, 0.05) is 12.6 Å². The maximum Gasteiger partial charge on any atom is 0.411 e. The van der Waals surface area contributed by atoms with Gasteiger partial charge in [0.1, 0.15) is 11.4 Å². The molecule has 1 aromatic heterocycles. The molecule has 1 aliphatic heterocycles. The van der Waals surface area contributed by atoms with Crippen molar-refractivity contribution in [3.8, 4) is 5.69 Å². The van der Waals surface area contributed by atoms with Crippen molar-refractivity contribution in [2.75, 3.05) is 23.8 Å². The van der Waals surface area contributed by atoms with E-state index in [1.165, 1.54) is 4.90 Å². The predicted molar refractivity (Wildman–Crippen MR) is 167 cm³/mol. The lowest BCUT2D eigenvalue weighted by Crippen LogP contribution is -2.46. The van der Waals surface area contributed by atoms with Gasteiger partial charge in [-0.25, -0.2) is 19.1 Å². The summed E-state index contributed by atoms with van der Waals surface area (Å²) in [6.07, 6.45) is 2.64. The minimum Gasteiger partial charge on any atom is -0.464 e. The summed E-state index contributed by atoms with van der Waals surface area (Å²) in [5.74, 6) is -0.0303. The van der Waals surface area contributed by atoms with Gasteiger partial charge in [-0.1, -0.05) is 43.1 Å². The van der Waals surface area contributed by atoms with Gasteiger partial charge in [0.05, 0.1) is 28.7 Å². The maximum absolute atomic E-state index is 13.1. The monoisotopic (exact) mass is 609 g/mol. The van der Waals surface area contributed by atoms with Crippen LogP contribution in [-0.2, 0) is 27.1 Å². The van der Waals surface area contributed by atoms with E-state index in [1.54, 1.807) is 38.4 Å². The summed E-state index contributed by atoms with van der Waals surface area (Å²) >= 11 is 6.39. The molecule has 2 aromatic carbocycles. The first-order valence-corrected chi connectivity index (χ1v) is 15.0. The molecule has 4 rings (SSSR count). The number of rotatable bonds is 8. The second kappa shape index (κ2) is 13.5. The number of benzene rings is 2. The number of anilines is 2. The number of halogens is 1. The van der Waals surface area contributed by atoms with Crippen LogP contribution in [0.15, 0.2) is 42.5 Å². The molecule has 10 nitrogen and oxygen atoms in total. The number of urea groups is 1. The lowest BCUT2D eigenvalue weighted by molar-refractivity contribution is -0.150. The molecule has 3 aromatic rings. The Labute approximate surface area is 257 Å². The number of carbonyl (C=O) groups is 3. The van der Waals surface area contributed by atoms with Crippen LogP contribution in [0.3, 0.4) is 0 Å². The van der Waals surface area contributed by atoms with E-state index in [0.717, 1.165) is 36.1 Å². The third-order valence-corrected chi connectivity index (χ3v) is 7.47. The summed E-state index contributed by atoms with van der Waals surface area (Å²) in [6.45, 7) is 11.5. The predicted octanol–water partition coefficient (Wildman–Crippen LogP) is 7.22. The number of fused-ring (bicyclic) bond motifs is 1. The summed E-state index contributed by atoms with van der Waals surface area (Å²) in [4.78, 5) is 40.6. The topological polar surface area (TPSA) is 115 Å². The molecule has 0 bridgehead atoms. The van der Waals surface area contributed by atoms with Crippen molar-refractivity contribution < 1.29 is 23.9 Å². The normalized spacial score (nSPS) is 14.6. The molecule has 0 saturated heterocycles. The number of esters is 1. The van der Waals surface area contributed by atoms with E-state index in [-0.39, 0.29) is 13.2 Å². The lowest BCUT2D eigenvalue weighted by Gasteiger charge is -2.36. The van der Waals surface area contributed by atoms with E-state index in [1.807, 2.05) is 43.3 Å². The summed E-state index contributed by atoms with van der Waals surface area (Å²) < 4.78 is 12.6. The van der Waals surface area contributed by atoms with Crippen LogP contribution in [0.2, 0.25) is 5.02 Å². The Morgan fingerprint density at radius 2 is 1.86 bits per heavy atom. The fourth-order valence-electron chi connectivity index (χ4n) is 4.95. The maximum atomic E-state index is 13.1. The molecular weight excluding hydrogens is 570 g/mol. The Bertz CT molecular complexity index is 1500. The number of nitrogens with one attached hydrogen (secondary N) is 2. The van der Waals surface area contributed by atoms with E-state index >= 15 is 0 Å². The summed E-state index contributed by atoms with van der Waals surface area (Å²) in [5, 5.41) is 11.0. The number of nitrogens with zero attached hydrogens (tertiary/aromatic N) is 3. The molecule has 2 heterocycles. The number of ether oxygens (including phenoxy) is 2. The average Bonchev–Trinajstić information content (AvgIpc) is 3.34. The highest BCUT2D eigenvalue weighted by molar-refractivity contribution is 6.34. The van der Waals surface area contributed by atoms with Gasteiger partial charge in [-0.2, -0.15) is 5.10 Å². The summed E-state index contributed by atoms with van der Waals surface area (Å²) in [6, 6.07) is 11.5. The van der Waals surface area contributed by atoms with Crippen molar-refractivity contribution >= 4 is 41.2 Å². The molecule has 11 heteroatoms. The molecule has 1 unspecified atom stereocenters. The molecular formula is C32H40ClN5O5. The summed E-state index contributed by atoms with van der Waals surface area (Å²) in [7, 11) is 0. The molecule has 0 aliphatic carbocycles. The van der Waals surface area contributed by atoms with Crippen LogP contribution in [0, 0.1) is 6.92 Å². The van der Waals surface area contributed by atoms with E-state index in [4.69, 9.17) is 26.2 Å². The van der Waals surface area contributed by atoms with Gasteiger partial charge in [0.25, 0.3) is 0 Å². The smallest absolute Gasteiger partial charge is 0.411 e. The SMILES string of the molecule is CCCCc1cc(NC(=O)Nc2cccc(C)c2Cl)n(-c2ccc3c(c2)CCN(C(=O)OC(C)(C)C)C3C(=O)OCC)n1. The third kappa shape index (κ3) is 7.67. The molecule has 0 spiro atoms. The van der Waals surface area contributed by atoms with Crippen molar-refractivity contribution in [2.45, 2.75) is 78.9 Å². The molecule has 2 N–H and O–H groups in total. The first-order valence-electron chi connectivity index (χ1n) is 14.6. The van der Waals surface area contributed by atoms with Crippen LogP contribution in [0.5, 0.6) is 0 Å². The van der Waals surface area contributed by atoms with Gasteiger partial charge in [-0.05, 0) is 88.8 Å². The van der Waals surface area contributed by atoms with Gasteiger partial charge in [0.15, 0.2) is 6.04 Å². The fraction of sp³-hybridized carbons (Fsp3) is 0.438. The van der Waals surface area contributed by atoms with Crippen molar-refractivity contribution in [3.05, 3.63) is 69.9 Å². The summed E-state index contributed by atoms with van der Waals surface area (Å²) in [5.41, 5.74) is 3.73. The van der Waals surface area contributed by atoms with Gasteiger partial charge in [-0.3, -0.25) is 10.2 Å². The molecule has 0 radical (unpaired) electrons. The Morgan fingerprint density at radius 3 is 2.56 bits per heavy atom. The highest BCUT2D eigenvalue weighted by Gasteiger charge is 2.39. The second-order valence-electron chi connectivity index (χ2n) is 11.5. The first kappa shape index (κ1) is 31.9. The van der Waals surface area contributed by atoms with E-state index in [2.05, 4.69) is 17.6 Å². The zero-order valence-electron chi connectivity index (χ0n) is 25.6. The number of aromatic nitrogens is 2. The van der Waals surface area contributed by atoms with Crippen molar-refractivity contribution in [1.82, 2.24) is 14.7 Å². The fourth-order valence-corrected chi connectivity index (χ4v) is 5.12. The van der Waals surface area contributed by atoms with Crippen molar-refractivity contribution in [2.24, 2.45) is 0 Å². The van der Waals surface area contributed by atoms with E-state index in [0.29, 0.717) is 34.2 Å². The van der Waals surface area contributed by atoms with Crippen LogP contribution in [0.25, 0.3) is 5.69 Å². The standard InChI is InChI=1S/C32H40ClN5O5/c1-7-9-12-22-19-26(35-30(40)34-25-13-10-11-20(3)27(25)33)38(36-22)23-14-15-24-21(18-23)16-17-37(28(24)29(39)42-8-2)31(41)43-32(4,5)6/h10-11,13-15,18-19,28H,7-9,12,16-17H2,1-6H3,(H2,34,35,40). The van der Waals surface area contributed by atoms with Gasteiger partial charge in [0.2, 0.25) is 0 Å². The Hall–Kier alpha value is -4.05. The molecule has 0 saturated carbocycles. The number of hydrogen-bond acceptors (Lipinski definition) is 6. The number of hydrogen-bond donors (Lipinski definition) is 2. The molecule has 1 atom stereocenters. The van der Waals surface area contributed by atoms with Gasteiger partial charge in [-0.15, -0.1) is 0 Å². The lowest BCUT2D eigenvalue weighted by atomic mass is 9.92. The van der Waals surface area contributed by atoms with Crippen LogP contribution in [0.1, 0.15) is 75.9 Å². The minimum absolute atomic E-state index is 0.184. The average molecular weight is 610 g/mol. The molecule has 0 fully saturated rings. The number of unbranched alkanes of at least 4 members (excludes halogenated alkanes) is 1. The minimum atomic E-state index is -0.937. The molecule has 3 amide bonds. The van der Waals surface area contributed by atoms with E-state index in [9.17, 15) is 14.4 Å². The third-order valence-electron chi connectivity index (χ3n) is 6.97. The molecule has 43 heavy (non-hydrogen) atoms. The number of aryl methyl sites for hydroxylation is 2. The Morgan fingerprint density at radius 1 is 1.09 bits per heavy atom. The van der Waals surface area contributed by atoms with Gasteiger partial charge < -0.3 is 14.8 Å². The zero-order valence-corrected chi connectivity index (χ0v) is 26.4.